The van der Waals surface area contributed by atoms with Crippen LogP contribution in [0, 0.1) is 5.41 Å². The molecule has 1 heteroatoms. The molecule has 0 amide bonds. The van der Waals surface area contributed by atoms with Gasteiger partial charge in [0.25, 0.3) is 0 Å². The number of fused-ring (bicyclic) bond motifs is 1. The Balaban J connectivity index is 2.48. The van der Waals surface area contributed by atoms with Gasteiger partial charge < -0.3 is 0 Å². The number of benzene rings is 1. The van der Waals surface area contributed by atoms with E-state index in [2.05, 4.69) is 39.0 Å². The Labute approximate surface area is 90.6 Å². The van der Waals surface area contributed by atoms with Crippen LogP contribution in [0.1, 0.15) is 31.9 Å². The first-order valence-corrected chi connectivity index (χ1v) is 5.36. The number of allylic oxidation sites excluding steroid dienone is 2. The predicted molar refractivity (Wildman–Crippen MR) is 62.6 cm³/mol. The van der Waals surface area contributed by atoms with Crippen LogP contribution in [0.5, 0.6) is 0 Å². The summed E-state index contributed by atoms with van der Waals surface area (Å²) in [5, 5.41) is 0.840. The lowest BCUT2D eigenvalue weighted by Crippen LogP contribution is -2.06. The van der Waals surface area contributed by atoms with Crippen molar-refractivity contribution in [1.29, 1.82) is 0 Å². The third-order valence-electron chi connectivity index (χ3n) is 2.69. The molecule has 1 aromatic carbocycles. The molecule has 0 aliphatic heterocycles. The highest BCUT2D eigenvalue weighted by atomic mass is 35.5. The lowest BCUT2D eigenvalue weighted by molar-refractivity contribution is 0.567. The second-order valence-corrected chi connectivity index (χ2v) is 5.31. The maximum atomic E-state index is 5.96. The van der Waals surface area contributed by atoms with E-state index < -0.39 is 0 Å². The van der Waals surface area contributed by atoms with Crippen LogP contribution < -0.4 is 0 Å². The van der Waals surface area contributed by atoms with Crippen molar-refractivity contribution >= 4 is 17.2 Å². The first-order valence-electron chi connectivity index (χ1n) is 4.98. The smallest absolute Gasteiger partial charge is 0.0409 e. The predicted octanol–water partition coefficient (Wildman–Crippen LogP) is 4.33. The molecule has 0 unspecified atom stereocenters. The van der Waals surface area contributed by atoms with E-state index in [1.54, 1.807) is 0 Å². The number of rotatable bonds is 0. The van der Waals surface area contributed by atoms with Crippen LogP contribution in [0.25, 0.3) is 5.57 Å². The average molecular weight is 207 g/mol. The topological polar surface area (TPSA) is 0 Å². The Morgan fingerprint density at radius 1 is 1.21 bits per heavy atom. The molecule has 0 bridgehead atoms. The van der Waals surface area contributed by atoms with Gasteiger partial charge in [-0.15, -0.1) is 0 Å². The Morgan fingerprint density at radius 3 is 2.57 bits per heavy atom. The molecule has 0 heterocycles. The van der Waals surface area contributed by atoms with E-state index in [9.17, 15) is 0 Å². The summed E-state index contributed by atoms with van der Waals surface area (Å²) in [5.41, 5.74) is 4.42. The monoisotopic (exact) mass is 206 g/mol. The molecule has 0 radical (unpaired) electrons. The van der Waals surface area contributed by atoms with Gasteiger partial charge in [0.1, 0.15) is 0 Å². The molecule has 0 N–H and O–H groups in total. The van der Waals surface area contributed by atoms with E-state index in [1.807, 2.05) is 6.07 Å². The first kappa shape index (κ1) is 9.79. The molecule has 14 heavy (non-hydrogen) atoms. The van der Waals surface area contributed by atoms with Gasteiger partial charge in [0.2, 0.25) is 0 Å². The average Bonchev–Trinajstić information content (AvgIpc) is 2.45. The Bertz CT molecular complexity index is 394. The van der Waals surface area contributed by atoms with Crippen molar-refractivity contribution in [2.24, 2.45) is 5.41 Å². The fourth-order valence-corrected chi connectivity index (χ4v) is 2.22. The third kappa shape index (κ3) is 1.59. The number of hydrogen-bond acceptors (Lipinski definition) is 0. The van der Waals surface area contributed by atoms with Gasteiger partial charge in [-0.25, -0.2) is 0 Å². The standard InChI is InChI=1S/C13H15Cl/c1-13(2,3)12-7-4-9-8-10(14)5-6-11(9)12/h5-8H,4H2,1-3H3. The normalized spacial score (nSPS) is 15.3. The summed E-state index contributed by atoms with van der Waals surface area (Å²) in [4.78, 5) is 0. The third-order valence-corrected chi connectivity index (χ3v) is 2.93. The largest absolute Gasteiger partial charge is 0.0843 e. The van der Waals surface area contributed by atoms with E-state index in [-0.39, 0.29) is 5.41 Å². The molecule has 0 fully saturated rings. The van der Waals surface area contributed by atoms with Crippen molar-refractivity contribution in [2.75, 3.05) is 0 Å². The second kappa shape index (κ2) is 3.13. The van der Waals surface area contributed by atoms with Crippen molar-refractivity contribution in [3.05, 3.63) is 40.4 Å². The van der Waals surface area contributed by atoms with Crippen LogP contribution in [0.2, 0.25) is 5.02 Å². The highest BCUT2D eigenvalue weighted by molar-refractivity contribution is 6.30. The minimum Gasteiger partial charge on any atom is -0.0843 e. The van der Waals surface area contributed by atoms with Gasteiger partial charge in [0.05, 0.1) is 0 Å². The summed E-state index contributed by atoms with van der Waals surface area (Å²) in [7, 11) is 0. The fraction of sp³-hybridized carbons (Fsp3) is 0.385. The molecule has 0 spiro atoms. The van der Waals surface area contributed by atoms with E-state index in [0.717, 1.165) is 11.4 Å². The molecule has 1 aliphatic rings. The highest BCUT2D eigenvalue weighted by Crippen LogP contribution is 2.40. The van der Waals surface area contributed by atoms with Gasteiger partial charge in [-0.05, 0) is 40.7 Å². The molecular weight excluding hydrogens is 192 g/mol. The second-order valence-electron chi connectivity index (χ2n) is 4.87. The van der Waals surface area contributed by atoms with Crippen LogP contribution in [0.15, 0.2) is 24.3 Å². The van der Waals surface area contributed by atoms with Crippen molar-refractivity contribution in [2.45, 2.75) is 27.2 Å². The quantitative estimate of drug-likeness (QED) is 0.593. The lowest BCUT2D eigenvalue weighted by atomic mass is 9.83. The molecule has 2 rings (SSSR count). The van der Waals surface area contributed by atoms with E-state index >= 15 is 0 Å². The molecule has 74 valence electrons. The van der Waals surface area contributed by atoms with Crippen LogP contribution in [0.3, 0.4) is 0 Å². The molecule has 1 aromatic rings. The molecule has 0 atom stereocenters. The Morgan fingerprint density at radius 2 is 1.93 bits per heavy atom. The van der Waals surface area contributed by atoms with Gasteiger partial charge in [0.15, 0.2) is 0 Å². The number of hydrogen-bond donors (Lipinski definition) is 0. The number of halogens is 1. The molecule has 0 aromatic heterocycles. The fourth-order valence-electron chi connectivity index (χ4n) is 2.03. The zero-order chi connectivity index (χ0) is 10.3. The van der Waals surface area contributed by atoms with E-state index in [4.69, 9.17) is 11.6 Å². The summed E-state index contributed by atoms with van der Waals surface area (Å²) in [5.74, 6) is 0. The van der Waals surface area contributed by atoms with Crippen molar-refractivity contribution in [3.63, 3.8) is 0 Å². The molecular formula is C13H15Cl. The summed E-state index contributed by atoms with van der Waals surface area (Å²) in [6.45, 7) is 6.76. The van der Waals surface area contributed by atoms with E-state index in [0.29, 0.717) is 0 Å². The summed E-state index contributed by atoms with van der Waals surface area (Å²) in [6.07, 6.45) is 3.35. The van der Waals surface area contributed by atoms with Crippen molar-refractivity contribution < 1.29 is 0 Å². The highest BCUT2D eigenvalue weighted by Gasteiger charge is 2.24. The zero-order valence-electron chi connectivity index (χ0n) is 8.89. The SMILES string of the molecule is CC(C)(C)C1=CCc2cc(Cl)ccc21. The summed E-state index contributed by atoms with van der Waals surface area (Å²) in [6, 6.07) is 6.19. The Kier molecular flexibility index (Phi) is 2.19. The molecule has 0 nitrogen and oxygen atoms in total. The van der Waals surface area contributed by atoms with Crippen molar-refractivity contribution in [1.82, 2.24) is 0 Å². The molecule has 0 saturated carbocycles. The van der Waals surface area contributed by atoms with Crippen LogP contribution in [-0.4, -0.2) is 0 Å². The van der Waals surface area contributed by atoms with Crippen LogP contribution in [-0.2, 0) is 6.42 Å². The van der Waals surface area contributed by atoms with E-state index in [1.165, 1.54) is 16.7 Å². The minimum atomic E-state index is 0.235. The zero-order valence-corrected chi connectivity index (χ0v) is 9.65. The first-order chi connectivity index (χ1) is 6.48. The van der Waals surface area contributed by atoms with Gasteiger partial charge in [-0.2, -0.15) is 0 Å². The molecule has 0 saturated heterocycles. The summed E-state index contributed by atoms with van der Waals surface area (Å²) >= 11 is 5.96. The maximum absolute atomic E-state index is 5.96. The minimum absolute atomic E-state index is 0.235. The van der Waals surface area contributed by atoms with Crippen molar-refractivity contribution in [3.8, 4) is 0 Å². The van der Waals surface area contributed by atoms with Crippen LogP contribution in [0.4, 0.5) is 0 Å². The van der Waals surface area contributed by atoms with Gasteiger partial charge in [0, 0.05) is 5.02 Å². The van der Waals surface area contributed by atoms with Crippen LogP contribution >= 0.6 is 11.6 Å². The maximum Gasteiger partial charge on any atom is 0.0409 e. The lowest BCUT2D eigenvalue weighted by Gasteiger charge is -2.21. The van der Waals surface area contributed by atoms with Gasteiger partial charge in [-0.1, -0.05) is 44.5 Å². The summed E-state index contributed by atoms with van der Waals surface area (Å²) < 4.78 is 0. The van der Waals surface area contributed by atoms with Gasteiger partial charge in [-0.3, -0.25) is 0 Å². The molecule has 1 aliphatic carbocycles. The van der Waals surface area contributed by atoms with Gasteiger partial charge >= 0.3 is 0 Å². The Hall–Kier alpha value is -0.750.